The first-order chi connectivity index (χ1) is 6.46. The van der Waals surface area contributed by atoms with Crippen molar-refractivity contribution in [3.05, 3.63) is 0 Å². The fraction of sp³-hybridized carbons (Fsp3) is 0.875. The van der Waals surface area contributed by atoms with Gasteiger partial charge in [-0.1, -0.05) is 6.92 Å². The Bertz CT molecular complexity index is 190. The van der Waals surface area contributed by atoms with Crippen LogP contribution in [0.1, 0.15) is 26.2 Å². The zero-order valence-electron chi connectivity index (χ0n) is 8.15. The lowest BCUT2D eigenvalue weighted by Crippen LogP contribution is -2.33. The third kappa shape index (κ3) is 4.72. The molecule has 3 nitrogen and oxygen atoms in total. The Morgan fingerprint density at radius 1 is 1.64 bits per heavy atom. The third-order valence-corrected chi connectivity index (χ3v) is 2.20. The Hall–Kier alpha value is -0.420. The number of rotatable bonds is 6. The van der Waals surface area contributed by atoms with Gasteiger partial charge < -0.3 is 4.74 Å². The zero-order valence-corrected chi connectivity index (χ0v) is 8.90. The van der Waals surface area contributed by atoms with Crippen LogP contribution in [0.25, 0.3) is 0 Å². The maximum Gasteiger partial charge on any atom is 0.324 e. The minimum absolute atomic E-state index is 0.0446. The SMILES string of the molecule is CCC(F)(F)CC[C@H](NCl)C(=O)OC. The standard InChI is InChI=1S/C8H14ClF2NO2/c1-3-8(10,11)5-4-6(12-9)7(13)14-2/h6,12H,3-5H2,1-2H3/t6-/m0/s1. The molecule has 0 saturated heterocycles. The summed E-state index contributed by atoms with van der Waals surface area (Å²) in [5.41, 5.74) is 0. The van der Waals surface area contributed by atoms with Gasteiger partial charge in [-0.15, -0.1) is 0 Å². The predicted octanol–water partition coefficient (Wildman–Crippen LogP) is 2.10. The lowest BCUT2D eigenvalue weighted by Gasteiger charge is -2.17. The lowest BCUT2D eigenvalue weighted by atomic mass is 10.1. The molecule has 0 heterocycles. The van der Waals surface area contributed by atoms with Crippen molar-refractivity contribution in [1.29, 1.82) is 0 Å². The van der Waals surface area contributed by atoms with Crippen LogP contribution in [0.2, 0.25) is 0 Å². The summed E-state index contributed by atoms with van der Waals surface area (Å²) in [6, 6.07) is -0.876. The van der Waals surface area contributed by atoms with Crippen LogP contribution in [0.5, 0.6) is 0 Å². The first kappa shape index (κ1) is 13.6. The van der Waals surface area contributed by atoms with Crippen LogP contribution in [0, 0.1) is 0 Å². The smallest absolute Gasteiger partial charge is 0.324 e. The number of nitrogens with one attached hydrogen (secondary N) is 1. The van der Waals surface area contributed by atoms with Gasteiger partial charge in [0.05, 0.1) is 7.11 Å². The Labute approximate surface area is 86.9 Å². The van der Waals surface area contributed by atoms with Gasteiger partial charge >= 0.3 is 5.97 Å². The average molecular weight is 230 g/mol. The predicted molar refractivity (Wildman–Crippen MR) is 49.3 cm³/mol. The van der Waals surface area contributed by atoms with E-state index in [2.05, 4.69) is 9.57 Å². The molecule has 0 spiro atoms. The van der Waals surface area contributed by atoms with Crippen molar-refractivity contribution in [2.45, 2.75) is 38.2 Å². The van der Waals surface area contributed by atoms with Crippen molar-refractivity contribution >= 4 is 17.7 Å². The highest BCUT2D eigenvalue weighted by molar-refractivity contribution is 6.14. The molecule has 0 saturated carbocycles. The number of carbonyl (C=O) groups is 1. The molecule has 0 fully saturated rings. The molecule has 0 aliphatic rings. The number of hydrogen-bond acceptors (Lipinski definition) is 3. The topological polar surface area (TPSA) is 38.3 Å². The molecule has 6 heteroatoms. The Balaban J connectivity index is 4.02. The van der Waals surface area contributed by atoms with Crippen LogP contribution in [0.4, 0.5) is 8.78 Å². The van der Waals surface area contributed by atoms with Gasteiger partial charge in [-0.2, -0.15) is 0 Å². The lowest BCUT2D eigenvalue weighted by molar-refractivity contribution is -0.143. The molecule has 14 heavy (non-hydrogen) atoms. The summed E-state index contributed by atoms with van der Waals surface area (Å²) in [5.74, 6) is -3.38. The second kappa shape index (κ2) is 6.14. The minimum Gasteiger partial charge on any atom is -0.468 e. The van der Waals surface area contributed by atoms with E-state index >= 15 is 0 Å². The molecule has 0 amide bonds. The fourth-order valence-corrected chi connectivity index (χ4v) is 1.09. The maximum atomic E-state index is 12.8. The number of esters is 1. The normalized spacial score (nSPS) is 13.8. The highest BCUT2D eigenvalue weighted by atomic mass is 35.5. The summed E-state index contributed by atoms with van der Waals surface area (Å²) in [5, 5.41) is 0. The molecule has 0 radical (unpaired) electrons. The molecule has 0 aliphatic carbocycles. The molecular weight excluding hydrogens is 216 g/mol. The van der Waals surface area contributed by atoms with E-state index in [4.69, 9.17) is 11.8 Å². The maximum absolute atomic E-state index is 12.8. The monoisotopic (exact) mass is 229 g/mol. The fourth-order valence-electron chi connectivity index (χ4n) is 0.891. The summed E-state index contributed by atoms with van der Waals surface area (Å²) in [7, 11) is 1.18. The van der Waals surface area contributed by atoms with E-state index in [1.54, 1.807) is 0 Å². The second-order valence-corrected chi connectivity index (χ2v) is 3.15. The second-order valence-electron chi connectivity index (χ2n) is 2.93. The van der Waals surface area contributed by atoms with Crippen molar-refractivity contribution in [2.24, 2.45) is 0 Å². The molecule has 0 bridgehead atoms. The molecular formula is C8H14ClF2NO2. The Morgan fingerprint density at radius 2 is 2.21 bits per heavy atom. The van der Waals surface area contributed by atoms with Crippen molar-refractivity contribution in [3.63, 3.8) is 0 Å². The van der Waals surface area contributed by atoms with Gasteiger partial charge in [0.2, 0.25) is 5.92 Å². The highest BCUT2D eigenvalue weighted by Gasteiger charge is 2.29. The van der Waals surface area contributed by atoms with E-state index in [1.165, 1.54) is 14.0 Å². The molecule has 0 unspecified atom stereocenters. The number of ether oxygens (including phenoxy) is 1. The number of carbonyl (C=O) groups excluding carboxylic acids is 1. The van der Waals surface area contributed by atoms with Crippen LogP contribution >= 0.6 is 11.8 Å². The highest BCUT2D eigenvalue weighted by Crippen LogP contribution is 2.24. The van der Waals surface area contributed by atoms with E-state index in [1.807, 2.05) is 0 Å². The van der Waals surface area contributed by atoms with Crippen LogP contribution in [-0.2, 0) is 9.53 Å². The summed E-state index contributed by atoms with van der Waals surface area (Å²) < 4.78 is 30.0. The van der Waals surface area contributed by atoms with E-state index in [0.29, 0.717) is 0 Å². The number of alkyl halides is 2. The van der Waals surface area contributed by atoms with E-state index in [9.17, 15) is 13.6 Å². The van der Waals surface area contributed by atoms with Crippen LogP contribution in [0.3, 0.4) is 0 Å². The van der Waals surface area contributed by atoms with E-state index in [-0.39, 0.29) is 19.3 Å². The number of hydrogen-bond donors (Lipinski definition) is 1. The summed E-state index contributed by atoms with van der Waals surface area (Å²) >= 11 is 5.22. The van der Waals surface area contributed by atoms with Crippen molar-refractivity contribution in [2.75, 3.05) is 7.11 Å². The van der Waals surface area contributed by atoms with Crippen LogP contribution < -0.4 is 4.84 Å². The molecule has 1 atom stereocenters. The summed E-state index contributed by atoms with van der Waals surface area (Å²) in [6.07, 6.45) is -0.677. The van der Waals surface area contributed by atoms with Gasteiger partial charge in [0.15, 0.2) is 0 Å². The van der Waals surface area contributed by atoms with Crippen LogP contribution in [0.15, 0.2) is 0 Å². The molecule has 0 rings (SSSR count). The molecule has 1 N–H and O–H groups in total. The molecule has 0 aromatic heterocycles. The van der Waals surface area contributed by atoms with Gasteiger partial charge in [-0.05, 0) is 18.2 Å². The van der Waals surface area contributed by atoms with Crippen molar-refractivity contribution < 1.29 is 18.3 Å². The third-order valence-electron chi connectivity index (χ3n) is 1.93. The van der Waals surface area contributed by atoms with Gasteiger partial charge in [0, 0.05) is 12.8 Å². The average Bonchev–Trinajstić information content (AvgIpc) is 2.18. The van der Waals surface area contributed by atoms with Gasteiger partial charge in [-0.3, -0.25) is 4.79 Å². The zero-order chi connectivity index (χ0) is 11.2. The largest absolute Gasteiger partial charge is 0.468 e. The van der Waals surface area contributed by atoms with Gasteiger partial charge in [0.25, 0.3) is 0 Å². The van der Waals surface area contributed by atoms with Gasteiger partial charge in [-0.25, -0.2) is 13.6 Å². The molecule has 0 aliphatic heterocycles. The summed E-state index contributed by atoms with van der Waals surface area (Å²) in [4.78, 5) is 13.0. The van der Waals surface area contributed by atoms with Gasteiger partial charge in [0.1, 0.15) is 6.04 Å². The molecule has 84 valence electrons. The van der Waals surface area contributed by atoms with E-state index in [0.717, 1.165) is 0 Å². The molecule has 0 aromatic rings. The Morgan fingerprint density at radius 3 is 2.57 bits per heavy atom. The molecule has 0 aromatic carbocycles. The first-order valence-corrected chi connectivity index (χ1v) is 4.66. The quantitative estimate of drug-likeness (QED) is 0.560. The van der Waals surface area contributed by atoms with Crippen molar-refractivity contribution in [1.82, 2.24) is 4.84 Å². The number of halogens is 3. The minimum atomic E-state index is -2.75. The summed E-state index contributed by atoms with van der Waals surface area (Å²) in [6.45, 7) is 1.39. The van der Waals surface area contributed by atoms with Crippen LogP contribution in [-0.4, -0.2) is 25.0 Å². The van der Waals surface area contributed by atoms with E-state index < -0.39 is 17.9 Å². The van der Waals surface area contributed by atoms with Crippen molar-refractivity contribution in [3.8, 4) is 0 Å². The first-order valence-electron chi connectivity index (χ1n) is 4.28. The number of methoxy groups -OCH3 is 1. The Kier molecular flexibility index (Phi) is 5.95.